The first-order valence-corrected chi connectivity index (χ1v) is 6.41. The predicted octanol–water partition coefficient (Wildman–Crippen LogP) is 6.28. The molecule has 0 aromatic rings. The highest BCUT2D eigenvalue weighted by atomic mass is 19.4. The van der Waals surface area contributed by atoms with Crippen LogP contribution in [0.15, 0.2) is 0 Å². The molecule has 4 nitrogen and oxygen atoms in total. The summed E-state index contributed by atoms with van der Waals surface area (Å²) in [6, 6.07) is 0. The van der Waals surface area contributed by atoms with Gasteiger partial charge in [-0.05, 0) is 0 Å². The van der Waals surface area contributed by atoms with Gasteiger partial charge in [0, 0.05) is 0 Å². The molecular formula is C9F20O4. The molecule has 0 aliphatic heterocycles. The molecule has 0 heterocycles. The molecule has 0 radical (unpaired) electrons. The van der Waals surface area contributed by atoms with Crippen molar-refractivity contribution in [1.82, 2.24) is 0 Å². The van der Waals surface area contributed by atoms with E-state index in [-0.39, 0.29) is 0 Å². The van der Waals surface area contributed by atoms with Gasteiger partial charge in [0.05, 0.1) is 0 Å². The third kappa shape index (κ3) is 7.21. The van der Waals surface area contributed by atoms with Gasteiger partial charge in [-0.2, -0.15) is 87.8 Å². The van der Waals surface area contributed by atoms with Crippen molar-refractivity contribution in [3.63, 3.8) is 0 Å². The van der Waals surface area contributed by atoms with Gasteiger partial charge in [-0.3, -0.25) is 0 Å². The minimum Gasteiger partial charge on any atom is -0.230 e. The van der Waals surface area contributed by atoms with E-state index in [2.05, 4.69) is 0 Å². The van der Waals surface area contributed by atoms with Crippen LogP contribution in [0.2, 0.25) is 0 Å². The highest BCUT2D eigenvalue weighted by molar-refractivity contribution is 4.76. The maximum atomic E-state index is 12.9. The average molecular weight is 552 g/mol. The number of ether oxygens (including phenoxy) is 4. The van der Waals surface area contributed by atoms with Gasteiger partial charge in [0.1, 0.15) is 0 Å². The Kier molecular flexibility index (Phi) is 7.89. The molecule has 0 spiro atoms. The van der Waals surface area contributed by atoms with Crippen LogP contribution in [0.25, 0.3) is 0 Å². The lowest BCUT2D eigenvalue weighted by atomic mass is 10.5. The number of hydrogen-bond acceptors (Lipinski definition) is 4. The van der Waals surface area contributed by atoms with E-state index in [1.165, 1.54) is 18.9 Å². The van der Waals surface area contributed by atoms with Crippen molar-refractivity contribution < 1.29 is 107 Å². The second-order valence-corrected chi connectivity index (χ2v) is 4.97. The quantitative estimate of drug-likeness (QED) is 0.263. The first kappa shape index (κ1) is 31.4. The molecule has 0 saturated carbocycles. The van der Waals surface area contributed by atoms with Gasteiger partial charge >= 0.3 is 55.3 Å². The molecule has 0 bridgehead atoms. The Morgan fingerprint density at radius 1 is 0.242 bits per heavy atom. The normalized spacial score (nSPS) is 16.4. The molecule has 0 aliphatic rings. The van der Waals surface area contributed by atoms with Gasteiger partial charge in [0.15, 0.2) is 0 Å². The number of hydrogen-bond donors (Lipinski definition) is 0. The fourth-order valence-corrected chi connectivity index (χ4v) is 0.984. The summed E-state index contributed by atoms with van der Waals surface area (Å²) in [6.45, 7) is 0. The Hall–Kier alpha value is -1.56. The Morgan fingerprint density at radius 3 is 0.455 bits per heavy atom. The first-order chi connectivity index (χ1) is 13.8. The molecule has 33 heavy (non-hydrogen) atoms. The van der Waals surface area contributed by atoms with Crippen LogP contribution in [0.3, 0.4) is 0 Å². The third-order valence-electron chi connectivity index (χ3n) is 2.33. The summed E-state index contributed by atoms with van der Waals surface area (Å²) in [4.78, 5) is 0. The minimum atomic E-state index is -7.72. The van der Waals surface area contributed by atoms with E-state index in [9.17, 15) is 87.8 Å². The van der Waals surface area contributed by atoms with Crippen LogP contribution < -0.4 is 0 Å². The number of halogens is 20. The van der Waals surface area contributed by atoms with Gasteiger partial charge in [-0.25, -0.2) is 18.9 Å². The molecule has 0 aliphatic carbocycles. The van der Waals surface area contributed by atoms with E-state index < -0.39 is 55.3 Å². The van der Waals surface area contributed by atoms with Crippen LogP contribution >= 0.6 is 0 Å². The Morgan fingerprint density at radius 2 is 0.364 bits per heavy atom. The molecule has 0 amide bonds. The summed E-state index contributed by atoms with van der Waals surface area (Å²) < 4.78 is 254. The second kappa shape index (κ2) is 8.28. The zero-order valence-corrected chi connectivity index (χ0v) is 13.7. The molecule has 0 N–H and O–H groups in total. The zero-order chi connectivity index (χ0) is 27.3. The highest BCUT2D eigenvalue weighted by Crippen LogP contribution is 2.52. The topological polar surface area (TPSA) is 36.9 Å². The summed E-state index contributed by atoms with van der Waals surface area (Å²) in [5, 5.41) is 0. The minimum absolute atomic E-state index is 1.52. The molecule has 0 atom stereocenters. The van der Waals surface area contributed by atoms with Crippen LogP contribution in [0.4, 0.5) is 87.8 Å². The van der Waals surface area contributed by atoms with Gasteiger partial charge in [-0.15, -0.1) is 0 Å². The summed E-state index contributed by atoms with van der Waals surface area (Å²) in [6.07, 6.45) is -68.9. The summed E-state index contributed by atoms with van der Waals surface area (Å²) in [5.41, 5.74) is 0. The van der Waals surface area contributed by atoms with Crippen molar-refractivity contribution in [3.8, 4) is 0 Å². The molecule has 0 rings (SSSR count). The van der Waals surface area contributed by atoms with E-state index >= 15 is 0 Å². The van der Waals surface area contributed by atoms with Gasteiger partial charge in [-0.1, -0.05) is 0 Å². The lowest BCUT2D eigenvalue weighted by Crippen LogP contribution is -2.63. The lowest BCUT2D eigenvalue weighted by Gasteiger charge is -2.40. The van der Waals surface area contributed by atoms with Gasteiger partial charge in [0.2, 0.25) is 0 Å². The van der Waals surface area contributed by atoms with Crippen molar-refractivity contribution in [2.75, 3.05) is 0 Å². The maximum absolute atomic E-state index is 12.9. The van der Waals surface area contributed by atoms with E-state index in [0.29, 0.717) is 0 Å². The van der Waals surface area contributed by atoms with Crippen molar-refractivity contribution >= 4 is 0 Å². The second-order valence-electron chi connectivity index (χ2n) is 4.97. The van der Waals surface area contributed by atoms with E-state index in [4.69, 9.17) is 0 Å². The molecule has 0 saturated heterocycles. The molecule has 0 fully saturated rings. The van der Waals surface area contributed by atoms with Crippen molar-refractivity contribution in [2.24, 2.45) is 0 Å². The van der Waals surface area contributed by atoms with E-state index in [0.717, 1.165) is 0 Å². The number of alkyl halides is 20. The van der Waals surface area contributed by atoms with Crippen molar-refractivity contribution in [2.45, 2.75) is 55.3 Å². The average Bonchev–Trinajstić information content (AvgIpc) is 2.38. The van der Waals surface area contributed by atoms with Crippen LogP contribution in [-0.2, 0) is 18.9 Å². The van der Waals surface area contributed by atoms with Crippen LogP contribution in [-0.4, -0.2) is 55.3 Å². The monoisotopic (exact) mass is 552 g/mol. The SMILES string of the molecule is FC(F)(F)C(F)(F)OC(OC(F)(F)C(F)(F)F)(OC(F)(F)C(F)(F)F)OC(F)(F)C(F)(F)F. The highest BCUT2D eigenvalue weighted by Gasteiger charge is 2.77. The summed E-state index contributed by atoms with van der Waals surface area (Å²) in [7, 11) is 0. The third-order valence-corrected chi connectivity index (χ3v) is 2.33. The van der Waals surface area contributed by atoms with E-state index in [1.807, 2.05) is 0 Å². The molecule has 0 aromatic heterocycles. The van der Waals surface area contributed by atoms with Crippen LogP contribution in [0.1, 0.15) is 0 Å². The molecule has 0 unspecified atom stereocenters. The number of rotatable bonds is 8. The standard InChI is InChI=1S/C9F20O4/c10-1(11,12)5(22,23)30-9(31-6(24,25)2(13,14)15,32-7(26,27)3(16,17)18)33-8(28,29)4(19,20)21. The first-order valence-electron chi connectivity index (χ1n) is 6.41. The van der Waals surface area contributed by atoms with Crippen LogP contribution in [0.5, 0.6) is 0 Å². The van der Waals surface area contributed by atoms with Crippen molar-refractivity contribution in [3.05, 3.63) is 0 Å². The summed E-state index contributed by atoms with van der Waals surface area (Å²) in [5.74, 6) is 0. The molecule has 0 aromatic carbocycles. The fourth-order valence-electron chi connectivity index (χ4n) is 0.984. The molecule has 24 heteroatoms. The van der Waals surface area contributed by atoms with Crippen molar-refractivity contribution in [1.29, 1.82) is 0 Å². The maximum Gasteiger partial charge on any atom is 0.483 e. The smallest absolute Gasteiger partial charge is 0.230 e. The van der Waals surface area contributed by atoms with E-state index in [1.54, 1.807) is 0 Å². The Labute approximate surface area is 163 Å². The van der Waals surface area contributed by atoms with Gasteiger partial charge < -0.3 is 0 Å². The summed E-state index contributed by atoms with van der Waals surface area (Å²) >= 11 is 0. The zero-order valence-electron chi connectivity index (χ0n) is 13.7. The molecular weight excluding hydrogens is 552 g/mol. The largest absolute Gasteiger partial charge is 0.483 e. The van der Waals surface area contributed by atoms with Crippen LogP contribution in [0, 0.1) is 0 Å². The van der Waals surface area contributed by atoms with Gasteiger partial charge in [0.25, 0.3) is 0 Å². The lowest BCUT2D eigenvalue weighted by molar-refractivity contribution is -0.674. The Bertz CT molecular complexity index is 549. The Balaban J connectivity index is 7.15. The fraction of sp³-hybridized carbons (Fsp3) is 1.00. The predicted molar refractivity (Wildman–Crippen MR) is 51.1 cm³/mol. The molecule has 200 valence electrons.